The van der Waals surface area contributed by atoms with E-state index in [0.29, 0.717) is 26.4 Å². The van der Waals surface area contributed by atoms with Crippen molar-refractivity contribution >= 4 is 17.1 Å². The van der Waals surface area contributed by atoms with Crippen molar-refractivity contribution in [1.29, 1.82) is 0 Å². The number of allylic oxidation sites excluding steroid dienone is 1. The van der Waals surface area contributed by atoms with E-state index in [4.69, 9.17) is 17.7 Å². The highest BCUT2D eigenvalue weighted by Gasteiger charge is 2.48. The summed E-state index contributed by atoms with van der Waals surface area (Å²) in [6, 6.07) is 0.892. The molecule has 0 saturated carbocycles. The number of hydrogen-bond donors (Lipinski definition) is 0. The zero-order valence-electron chi connectivity index (χ0n) is 13.2. The Morgan fingerprint density at radius 3 is 1.58 bits per heavy atom. The van der Waals surface area contributed by atoms with Gasteiger partial charge in [0, 0.05) is 32.1 Å². The van der Waals surface area contributed by atoms with Crippen molar-refractivity contribution in [3.8, 4) is 0 Å². The van der Waals surface area contributed by atoms with Crippen LogP contribution in [0.1, 0.15) is 27.7 Å². The van der Waals surface area contributed by atoms with E-state index in [0.717, 1.165) is 11.7 Å². The Kier molecular flexibility index (Phi) is 9.85. The molecule has 0 aliphatic carbocycles. The van der Waals surface area contributed by atoms with Crippen molar-refractivity contribution in [1.82, 2.24) is 0 Å². The van der Waals surface area contributed by atoms with Crippen LogP contribution in [-0.4, -0.2) is 43.5 Å². The summed E-state index contributed by atoms with van der Waals surface area (Å²) in [6.45, 7) is 16.6. The maximum atomic E-state index is 6.03. The predicted molar refractivity (Wildman–Crippen MR) is 83.7 cm³/mol. The molecule has 0 aliphatic heterocycles. The predicted octanol–water partition coefficient (Wildman–Crippen LogP) is 3.37. The Hall–Kier alpha value is 0.0138. The van der Waals surface area contributed by atoms with E-state index in [-0.39, 0.29) is 0 Å². The first kappa shape index (κ1) is 19.0. The zero-order valence-corrected chi connectivity index (χ0v) is 15.2. The lowest BCUT2D eigenvalue weighted by Crippen LogP contribution is -2.54. The van der Waals surface area contributed by atoms with E-state index < -0.39 is 17.1 Å². The van der Waals surface area contributed by atoms with Crippen LogP contribution >= 0.6 is 0 Å². The van der Waals surface area contributed by atoms with Crippen LogP contribution < -0.4 is 0 Å². The smallest absolute Gasteiger partial charge is 0.417 e. The summed E-state index contributed by atoms with van der Waals surface area (Å²) in [5.74, 6) is 0. The fourth-order valence-electron chi connectivity index (χ4n) is 2.23. The van der Waals surface area contributed by atoms with Crippen LogP contribution in [-0.2, 0) is 17.7 Å². The van der Waals surface area contributed by atoms with E-state index in [1.165, 1.54) is 0 Å². The molecule has 0 radical (unpaired) electrons. The molecule has 114 valence electrons. The minimum absolute atomic E-state index is 0.608. The van der Waals surface area contributed by atoms with Gasteiger partial charge in [0.1, 0.15) is 0 Å². The molecular weight excluding hydrogens is 276 g/mol. The highest BCUT2D eigenvalue weighted by Crippen LogP contribution is 2.27. The molecule has 0 rings (SSSR count). The fraction of sp³-hybridized carbons (Fsp3) is 0.846. The Morgan fingerprint density at radius 1 is 0.842 bits per heavy atom. The van der Waals surface area contributed by atoms with Crippen molar-refractivity contribution in [2.75, 3.05) is 26.4 Å². The van der Waals surface area contributed by atoms with Crippen molar-refractivity contribution in [2.24, 2.45) is 0 Å². The van der Waals surface area contributed by atoms with Gasteiger partial charge in [-0.3, -0.25) is 0 Å². The highest BCUT2D eigenvalue weighted by molar-refractivity contribution is 6.86. The monoisotopic (exact) mass is 306 g/mol. The molecule has 6 heteroatoms. The first-order chi connectivity index (χ1) is 9.01. The molecule has 0 N–H and O–H groups in total. The third kappa shape index (κ3) is 6.83. The van der Waals surface area contributed by atoms with E-state index >= 15 is 0 Å². The van der Waals surface area contributed by atoms with Gasteiger partial charge < -0.3 is 17.7 Å². The van der Waals surface area contributed by atoms with E-state index in [1.54, 1.807) is 0 Å². The molecule has 0 amide bonds. The lowest BCUT2D eigenvalue weighted by Gasteiger charge is -2.35. The lowest BCUT2D eigenvalue weighted by molar-refractivity contribution is 0.0741. The maximum absolute atomic E-state index is 6.03. The molecule has 0 heterocycles. The summed E-state index contributed by atoms with van der Waals surface area (Å²) < 4.78 is 23.8. The van der Waals surface area contributed by atoms with Gasteiger partial charge in [-0.2, -0.15) is 0 Å². The molecule has 1 atom stereocenters. The van der Waals surface area contributed by atoms with Crippen LogP contribution in [0.25, 0.3) is 0 Å². The van der Waals surface area contributed by atoms with Gasteiger partial charge in [-0.05, 0) is 40.3 Å². The Labute approximate surface area is 120 Å². The van der Waals surface area contributed by atoms with Crippen LogP contribution in [0.3, 0.4) is 0 Å². The van der Waals surface area contributed by atoms with Crippen LogP contribution in [0.5, 0.6) is 0 Å². The molecular formula is C13H30O4Si2. The molecule has 0 fully saturated rings. The molecule has 0 aromatic carbocycles. The van der Waals surface area contributed by atoms with E-state index in [2.05, 4.69) is 13.1 Å². The minimum Gasteiger partial charge on any atom is -0.417 e. The molecule has 0 aromatic rings. The third-order valence-electron chi connectivity index (χ3n) is 2.75. The number of hydrogen-bond acceptors (Lipinski definition) is 4. The van der Waals surface area contributed by atoms with Gasteiger partial charge in [0.15, 0.2) is 8.32 Å². The summed E-state index contributed by atoms with van der Waals surface area (Å²) in [5.41, 5.74) is 0.787. The summed E-state index contributed by atoms with van der Waals surface area (Å²) in [7, 11) is -4.54. The second-order valence-corrected chi connectivity index (χ2v) is 11.8. The Morgan fingerprint density at radius 2 is 1.26 bits per heavy atom. The summed E-state index contributed by atoms with van der Waals surface area (Å²) in [5, 5.41) is 0. The molecule has 0 spiro atoms. The summed E-state index contributed by atoms with van der Waals surface area (Å²) >= 11 is 0. The first-order valence-electron chi connectivity index (χ1n) is 7.18. The fourth-order valence-corrected chi connectivity index (χ4v) is 11.1. The van der Waals surface area contributed by atoms with Gasteiger partial charge in [-0.15, -0.1) is 6.58 Å². The molecule has 19 heavy (non-hydrogen) atoms. The quantitative estimate of drug-likeness (QED) is 0.409. The summed E-state index contributed by atoms with van der Waals surface area (Å²) in [6.07, 6.45) is 1.94. The molecule has 0 aromatic heterocycles. The van der Waals surface area contributed by atoms with Gasteiger partial charge >= 0.3 is 8.80 Å². The Balaban J connectivity index is 5.04. The van der Waals surface area contributed by atoms with Gasteiger partial charge in [-0.1, -0.05) is 6.08 Å². The average Bonchev–Trinajstić information content (AvgIpc) is 2.30. The molecule has 4 nitrogen and oxygen atoms in total. The van der Waals surface area contributed by atoms with E-state index in [9.17, 15) is 0 Å². The SMILES string of the molecule is C=CC[Si](C)(C[Si](OCC)(OCC)OCC)OCC. The van der Waals surface area contributed by atoms with Gasteiger partial charge in [0.05, 0.1) is 0 Å². The molecule has 0 aliphatic rings. The largest absolute Gasteiger partial charge is 0.500 e. The molecule has 0 bridgehead atoms. The maximum Gasteiger partial charge on any atom is 0.500 e. The van der Waals surface area contributed by atoms with Crippen LogP contribution in [0.2, 0.25) is 18.3 Å². The molecule has 0 saturated heterocycles. The third-order valence-corrected chi connectivity index (χ3v) is 11.8. The molecule has 1 unspecified atom stereocenters. The topological polar surface area (TPSA) is 36.9 Å². The average molecular weight is 307 g/mol. The van der Waals surface area contributed by atoms with Gasteiger partial charge in [0.25, 0.3) is 0 Å². The van der Waals surface area contributed by atoms with Gasteiger partial charge in [0.2, 0.25) is 0 Å². The van der Waals surface area contributed by atoms with Crippen molar-refractivity contribution in [2.45, 2.75) is 46.0 Å². The van der Waals surface area contributed by atoms with Crippen molar-refractivity contribution in [3.63, 3.8) is 0 Å². The van der Waals surface area contributed by atoms with Crippen LogP contribution in [0.4, 0.5) is 0 Å². The second-order valence-electron chi connectivity index (χ2n) is 4.53. The lowest BCUT2D eigenvalue weighted by atomic mass is 10.8. The summed E-state index contributed by atoms with van der Waals surface area (Å²) in [4.78, 5) is 0. The Bertz CT molecular complexity index is 234. The van der Waals surface area contributed by atoms with Crippen LogP contribution in [0.15, 0.2) is 12.7 Å². The standard InChI is InChI=1S/C13H30O4Si2/c1-7-12-18(6,14-8-2)13-19(15-9-3,16-10-4)17-11-5/h7H,1,8-13H2,2-6H3. The highest BCUT2D eigenvalue weighted by atomic mass is 28.4. The second kappa shape index (κ2) is 9.85. The van der Waals surface area contributed by atoms with Crippen molar-refractivity contribution < 1.29 is 17.7 Å². The van der Waals surface area contributed by atoms with E-state index in [1.807, 2.05) is 33.8 Å². The minimum atomic E-state index is -2.62. The first-order valence-corrected chi connectivity index (χ1v) is 11.9. The zero-order chi connectivity index (χ0) is 14.8. The number of rotatable bonds is 12. The normalized spacial score (nSPS) is 15.2. The van der Waals surface area contributed by atoms with Crippen LogP contribution in [0, 0.1) is 0 Å². The van der Waals surface area contributed by atoms with Crippen molar-refractivity contribution in [3.05, 3.63) is 12.7 Å². The van der Waals surface area contributed by atoms with Gasteiger partial charge in [-0.25, -0.2) is 0 Å².